The van der Waals surface area contributed by atoms with Crippen LogP contribution in [-0.4, -0.2) is 56.8 Å². The summed E-state index contributed by atoms with van der Waals surface area (Å²) >= 11 is 14.1. The summed E-state index contributed by atoms with van der Waals surface area (Å²) in [5, 5.41) is 16.9. The first-order chi connectivity index (χ1) is 24.1. The smallest absolute Gasteiger partial charge is 0.339 e. The van der Waals surface area contributed by atoms with Crippen molar-refractivity contribution in [3.8, 4) is 11.5 Å². The minimum Gasteiger partial charge on any atom is -0.619 e. The summed E-state index contributed by atoms with van der Waals surface area (Å²) in [6.07, 6.45) is 3.25. The molecule has 14 heteroatoms. The fourth-order valence-electron chi connectivity index (χ4n) is 6.46. The normalized spacial score (nSPS) is 19.4. The molecule has 2 aromatic heterocycles. The first-order valence-electron chi connectivity index (χ1n) is 16.1. The Labute approximate surface area is 303 Å². The van der Waals surface area contributed by atoms with Gasteiger partial charge >= 0.3 is 11.9 Å². The number of thiophene rings is 1. The maximum Gasteiger partial charge on any atom is 0.339 e. The van der Waals surface area contributed by atoms with Crippen LogP contribution in [0.3, 0.4) is 0 Å². The molecular weight excluding hydrogens is 708 g/mol. The molecular formula is C36H36Cl2FN3O7S. The fourth-order valence-corrected chi connectivity index (χ4v) is 7.87. The molecule has 2 aromatic carbocycles. The Balaban J connectivity index is 1.19. The van der Waals surface area contributed by atoms with Crippen LogP contribution in [0, 0.1) is 16.9 Å². The summed E-state index contributed by atoms with van der Waals surface area (Å²) in [6, 6.07) is 11.9. The molecule has 3 saturated heterocycles. The van der Waals surface area contributed by atoms with Crippen LogP contribution in [0.5, 0.6) is 11.5 Å². The average Bonchev–Trinajstić information content (AvgIpc) is 3.59. The fraction of sp³-hybridized carbons (Fsp3) is 0.361. The Morgan fingerprint density at radius 2 is 1.78 bits per heavy atom. The van der Waals surface area contributed by atoms with Crippen molar-refractivity contribution in [3.05, 3.63) is 115 Å². The molecule has 10 nitrogen and oxygen atoms in total. The molecule has 1 unspecified atom stereocenters. The number of benzene rings is 2. The standard InChI is InChI=1S/C36H36Cl2FN3O7S/c1-46-30-8-7-22(14-32(30)47-2)31(15-26-27(37)17-42(45)18-28(26)38)48-35(43)23-13-24(50-20-23)16-40-34(25-5-3-4-6-29(25)39)36(44)49-33-19-41-11-9-21(33)10-12-41/h3-8,13-14,17-18,20-21,31,33-34,40H,9-12,15-16,19H2,1-2H3/t31?,33-,34-/m0/s1. The van der Waals surface area contributed by atoms with E-state index in [1.165, 1.54) is 44.0 Å². The van der Waals surface area contributed by atoms with Gasteiger partial charge in [-0.2, -0.15) is 4.73 Å². The molecule has 0 aliphatic carbocycles. The van der Waals surface area contributed by atoms with Crippen LogP contribution < -0.4 is 19.5 Å². The number of nitrogens with one attached hydrogen (secondary N) is 1. The molecule has 0 amide bonds. The Kier molecular flexibility index (Phi) is 11.4. The third kappa shape index (κ3) is 8.16. The number of aromatic nitrogens is 1. The highest BCUT2D eigenvalue weighted by molar-refractivity contribution is 7.10. The van der Waals surface area contributed by atoms with Crippen LogP contribution in [0.4, 0.5) is 4.39 Å². The van der Waals surface area contributed by atoms with E-state index in [0.29, 0.717) is 44.7 Å². The predicted octanol–water partition coefficient (Wildman–Crippen LogP) is 6.45. The molecule has 0 spiro atoms. The summed E-state index contributed by atoms with van der Waals surface area (Å²) in [5.74, 6) is -0.466. The maximum atomic E-state index is 15.0. The Morgan fingerprint density at radius 1 is 1.06 bits per heavy atom. The predicted molar refractivity (Wildman–Crippen MR) is 186 cm³/mol. The first kappa shape index (κ1) is 35.9. The van der Waals surface area contributed by atoms with E-state index in [9.17, 15) is 19.2 Å². The second-order valence-corrected chi connectivity index (χ2v) is 14.1. The Hall–Kier alpha value is -3.94. The molecule has 2 bridgehead atoms. The number of hydrogen-bond acceptors (Lipinski definition) is 10. The van der Waals surface area contributed by atoms with E-state index in [2.05, 4.69) is 10.2 Å². The summed E-state index contributed by atoms with van der Waals surface area (Å²) < 4.78 is 38.3. The van der Waals surface area contributed by atoms with Gasteiger partial charge in [0.1, 0.15) is 34.1 Å². The van der Waals surface area contributed by atoms with Crippen LogP contribution in [0.25, 0.3) is 0 Å². The first-order valence-corrected chi connectivity index (χ1v) is 17.7. The van der Waals surface area contributed by atoms with Gasteiger partial charge in [-0.15, -0.1) is 11.3 Å². The number of methoxy groups -OCH3 is 2. The second kappa shape index (κ2) is 15.9. The van der Waals surface area contributed by atoms with Gasteiger partial charge in [-0.25, -0.2) is 14.0 Å². The van der Waals surface area contributed by atoms with Crippen molar-refractivity contribution >= 4 is 46.5 Å². The molecule has 4 aromatic rings. The van der Waals surface area contributed by atoms with Crippen molar-refractivity contribution in [3.63, 3.8) is 0 Å². The number of rotatable bonds is 13. The van der Waals surface area contributed by atoms with Gasteiger partial charge in [0.2, 0.25) is 0 Å². The van der Waals surface area contributed by atoms with E-state index in [1.54, 1.807) is 47.8 Å². The molecule has 3 atom stereocenters. The topological polar surface area (TPSA) is 113 Å². The van der Waals surface area contributed by atoms with Crippen LogP contribution in [0.1, 0.15) is 56.9 Å². The molecule has 5 heterocycles. The molecule has 264 valence electrons. The molecule has 3 aliphatic heterocycles. The number of ether oxygens (including phenoxy) is 4. The quantitative estimate of drug-likeness (QED) is 0.0938. The number of piperidine rings is 3. The van der Waals surface area contributed by atoms with Gasteiger partial charge < -0.3 is 24.2 Å². The Morgan fingerprint density at radius 3 is 2.44 bits per heavy atom. The number of pyridine rings is 1. The van der Waals surface area contributed by atoms with Gasteiger partial charge in [-0.05, 0) is 61.7 Å². The van der Waals surface area contributed by atoms with Crippen LogP contribution in [0.2, 0.25) is 10.0 Å². The highest BCUT2D eigenvalue weighted by atomic mass is 35.5. The summed E-state index contributed by atoms with van der Waals surface area (Å²) in [7, 11) is 3.01. The monoisotopic (exact) mass is 743 g/mol. The summed E-state index contributed by atoms with van der Waals surface area (Å²) in [4.78, 5) is 30.1. The lowest BCUT2D eigenvalue weighted by molar-refractivity contribution is -0.605. The number of fused-ring (bicyclic) bond motifs is 3. The van der Waals surface area contributed by atoms with E-state index < -0.39 is 29.9 Å². The van der Waals surface area contributed by atoms with E-state index in [4.69, 9.17) is 42.1 Å². The third-order valence-electron chi connectivity index (χ3n) is 9.16. The second-order valence-electron chi connectivity index (χ2n) is 12.3. The minimum atomic E-state index is -1.05. The highest BCUT2D eigenvalue weighted by Gasteiger charge is 2.38. The zero-order valence-corrected chi connectivity index (χ0v) is 29.7. The van der Waals surface area contributed by atoms with E-state index in [-0.39, 0.29) is 40.2 Å². The minimum absolute atomic E-state index is 0.0598. The molecule has 0 saturated carbocycles. The number of hydrogen-bond donors (Lipinski definition) is 1. The van der Waals surface area contributed by atoms with Crippen molar-refractivity contribution in [2.45, 2.75) is 44.1 Å². The highest BCUT2D eigenvalue weighted by Crippen LogP contribution is 2.36. The number of halogens is 3. The molecule has 7 rings (SSSR count). The van der Waals surface area contributed by atoms with Crippen molar-refractivity contribution in [2.75, 3.05) is 33.9 Å². The van der Waals surface area contributed by atoms with Gasteiger partial charge in [-0.1, -0.05) is 47.5 Å². The van der Waals surface area contributed by atoms with Crippen molar-refractivity contribution in [1.29, 1.82) is 0 Å². The number of carbonyl (C=O) groups excluding carboxylic acids is 2. The average molecular weight is 745 g/mol. The molecule has 1 N–H and O–H groups in total. The van der Waals surface area contributed by atoms with Gasteiger partial charge in [0, 0.05) is 40.9 Å². The molecule has 50 heavy (non-hydrogen) atoms. The zero-order chi connectivity index (χ0) is 35.4. The van der Waals surface area contributed by atoms with Crippen LogP contribution in [-0.2, 0) is 27.2 Å². The zero-order valence-electron chi connectivity index (χ0n) is 27.4. The Bertz CT molecular complexity index is 1830. The van der Waals surface area contributed by atoms with E-state index in [1.807, 2.05) is 0 Å². The summed E-state index contributed by atoms with van der Waals surface area (Å²) in [6.45, 7) is 2.85. The van der Waals surface area contributed by atoms with Gasteiger partial charge in [0.05, 0.1) is 19.8 Å². The van der Waals surface area contributed by atoms with Crippen molar-refractivity contribution in [1.82, 2.24) is 10.2 Å². The molecule has 0 radical (unpaired) electrons. The van der Waals surface area contributed by atoms with Crippen LogP contribution >= 0.6 is 34.5 Å². The molecule has 3 fully saturated rings. The van der Waals surface area contributed by atoms with E-state index >= 15 is 0 Å². The largest absolute Gasteiger partial charge is 0.619 e. The van der Waals surface area contributed by atoms with E-state index in [0.717, 1.165) is 25.9 Å². The number of carbonyl (C=O) groups is 2. The lowest BCUT2D eigenvalue weighted by atomic mass is 9.86. The lowest BCUT2D eigenvalue weighted by Crippen LogP contribution is -2.52. The number of esters is 2. The van der Waals surface area contributed by atoms with Crippen molar-refractivity contribution < 1.29 is 37.7 Å². The number of nitrogens with zero attached hydrogens (tertiary/aromatic N) is 2. The summed E-state index contributed by atoms with van der Waals surface area (Å²) in [5.41, 5.74) is 1.46. The lowest BCUT2D eigenvalue weighted by Gasteiger charge is -2.44. The SMILES string of the molecule is COc1ccc(C(Cc2c(Cl)c[n+]([O-])cc2Cl)OC(=O)c2csc(CN[C@H](C(=O)O[C@H]3CN4CCC3CC4)c3ccccc3F)c2)cc1OC. The van der Waals surface area contributed by atoms with Gasteiger partial charge in [0.15, 0.2) is 23.9 Å². The van der Waals surface area contributed by atoms with Crippen LogP contribution in [0.15, 0.2) is 66.3 Å². The van der Waals surface area contributed by atoms with Gasteiger partial charge in [-0.3, -0.25) is 10.2 Å². The van der Waals surface area contributed by atoms with Gasteiger partial charge in [0.25, 0.3) is 0 Å². The van der Waals surface area contributed by atoms with Crippen molar-refractivity contribution in [2.24, 2.45) is 5.92 Å². The maximum absolute atomic E-state index is 15.0. The third-order valence-corrected chi connectivity index (χ3v) is 10.7. The molecule has 3 aliphatic rings.